The van der Waals surface area contributed by atoms with Crippen molar-refractivity contribution in [1.29, 1.82) is 0 Å². The number of amides is 1. The molecule has 4 rings (SSSR count). The minimum atomic E-state index is -3.61. The summed E-state index contributed by atoms with van der Waals surface area (Å²) in [7, 11) is -3.61. The molecule has 2 aliphatic rings. The maximum atomic E-state index is 13.1. The maximum Gasteiger partial charge on any atom is 0.292 e. The van der Waals surface area contributed by atoms with E-state index in [9.17, 15) is 23.3 Å². The van der Waals surface area contributed by atoms with Crippen molar-refractivity contribution in [2.75, 3.05) is 38.0 Å². The summed E-state index contributed by atoms with van der Waals surface area (Å²) < 4.78 is 27.6. The van der Waals surface area contributed by atoms with Crippen LogP contribution in [0.25, 0.3) is 0 Å². The molecule has 9 nitrogen and oxygen atoms in total. The van der Waals surface area contributed by atoms with E-state index in [1.165, 1.54) is 15.9 Å². The van der Waals surface area contributed by atoms with Gasteiger partial charge in [0.2, 0.25) is 15.9 Å². The van der Waals surface area contributed by atoms with Crippen LogP contribution < -0.4 is 5.32 Å². The van der Waals surface area contributed by atoms with Gasteiger partial charge in [-0.3, -0.25) is 14.9 Å². The van der Waals surface area contributed by atoms with Crippen LogP contribution >= 0.6 is 0 Å². The van der Waals surface area contributed by atoms with Crippen molar-refractivity contribution in [3.05, 3.63) is 63.7 Å². The minimum absolute atomic E-state index is 0.0948. The van der Waals surface area contributed by atoms with Crippen molar-refractivity contribution < 1.29 is 18.1 Å². The van der Waals surface area contributed by atoms with Crippen LogP contribution in [0.5, 0.6) is 0 Å². The van der Waals surface area contributed by atoms with E-state index >= 15 is 0 Å². The Morgan fingerprint density at radius 1 is 1.00 bits per heavy atom. The number of anilines is 1. The lowest BCUT2D eigenvalue weighted by atomic mass is 9.92. The summed E-state index contributed by atoms with van der Waals surface area (Å²) in [5.74, 6) is -0.228. The zero-order chi connectivity index (χ0) is 22.7. The molecule has 0 bridgehead atoms. The highest BCUT2D eigenvalue weighted by Crippen LogP contribution is 2.26. The molecular formula is C22H26N4O5S. The van der Waals surface area contributed by atoms with Gasteiger partial charge in [-0.05, 0) is 55.0 Å². The third-order valence-electron chi connectivity index (χ3n) is 6.08. The zero-order valence-corrected chi connectivity index (χ0v) is 18.5. The van der Waals surface area contributed by atoms with Crippen molar-refractivity contribution in [3.63, 3.8) is 0 Å². The topological polar surface area (TPSA) is 113 Å². The molecule has 1 aliphatic carbocycles. The molecule has 1 fully saturated rings. The van der Waals surface area contributed by atoms with E-state index in [-0.39, 0.29) is 50.0 Å². The third-order valence-corrected chi connectivity index (χ3v) is 7.97. The Morgan fingerprint density at radius 3 is 2.41 bits per heavy atom. The Morgan fingerprint density at radius 2 is 1.69 bits per heavy atom. The summed E-state index contributed by atoms with van der Waals surface area (Å²) in [5.41, 5.74) is 2.53. The molecule has 0 spiro atoms. The third kappa shape index (κ3) is 4.61. The first-order valence-electron chi connectivity index (χ1n) is 10.7. The second kappa shape index (κ2) is 9.25. The van der Waals surface area contributed by atoms with Crippen LogP contribution in [0.4, 0.5) is 11.4 Å². The number of hydrogen-bond acceptors (Lipinski definition) is 6. The van der Waals surface area contributed by atoms with Crippen molar-refractivity contribution in [3.8, 4) is 0 Å². The Kier molecular flexibility index (Phi) is 6.43. The molecule has 10 heteroatoms. The Hall–Kier alpha value is -2.98. The van der Waals surface area contributed by atoms with Gasteiger partial charge in [-0.1, -0.05) is 18.2 Å². The van der Waals surface area contributed by atoms with E-state index < -0.39 is 14.9 Å². The zero-order valence-electron chi connectivity index (χ0n) is 17.7. The molecule has 1 amide bonds. The molecule has 0 unspecified atom stereocenters. The second-order valence-electron chi connectivity index (χ2n) is 8.05. The first kappa shape index (κ1) is 22.2. The number of carbonyl (C=O) groups is 1. The molecule has 2 aromatic rings. The van der Waals surface area contributed by atoms with Gasteiger partial charge in [0.15, 0.2) is 0 Å². The summed E-state index contributed by atoms with van der Waals surface area (Å²) in [5, 5.41) is 13.9. The largest absolute Gasteiger partial charge is 0.371 e. The van der Waals surface area contributed by atoms with Gasteiger partial charge in [0.1, 0.15) is 5.69 Å². The Balaban J connectivity index is 1.35. The van der Waals surface area contributed by atoms with E-state index in [0.717, 1.165) is 31.2 Å². The van der Waals surface area contributed by atoms with Crippen LogP contribution in [0.1, 0.15) is 24.0 Å². The number of aryl methyl sites for hydroxylation is 2. The molecule has 1 heterocycles. The van der Waals surface area contributed by atoms with Gasteiger partial charge < -0.3 is 10.2 Å². The number of nitro groups is 1. The number of hydrogen-bond donors (Lipinski definition) is 1. The molecule has 1 N–H and O–H groups in total. The first-order valence-corrected chi connectivity index (χ1v) is 12.2. The van der Waals surface area contributed by atoms with E-state index in [1.807, 2.05) is 6.07 Å². The van der Waals surface area contributed by atoms with Crippen LogP contribution in [0.3, 0.4) is 0 Å². The fourth-order valence-electron chi connectivity index (χ4n) is 4.26. The van der Waals surface area contributed by atoms with Crippen LogP contribution in [0.15, 0.2) is 47.4 Å². The SMILES string of the molecule is O=C(CNc1ccccc1[N+](=O)[O-])N1CCN(S(=O)(=O)c2ccc3c(c2)CCCC3)CC1. The van der Waals surface area contributed by atoms with Gasteiger partial charge in [-0.2, -0.15) is 4.31 Å². The highest BCUT2D eigenvalue weighted by molar-refractivity contribution is 7.89. The number of nitrogens with one attached hydrogen (secondary N) is 1. The lowest BCUT2D eigenvalue weighted by Gasteiger charge is -2.34. The van der Waals surface area contributed by atoms with E-state index in [0.29, 0.717) is 4.90 Å². The Bertz CT molecular complexity index is 1130. The number of piperazine rings is 1. The molecule has 32 heavy (non-hydrogen) atoms. The van der Waals surface area contributed by atoms with Crippen molar-refractivity contribution in [2.45, 2.75) is 30.6 Å². The van der Waals surface area contributed by atoms with E-state index in [2.05, 4.69) is 5.32 Å². The van der Waals surface area contributed by atoms with Gasteiger partial charge in [-0.25, -0.2) is 8.42 Å². The highest BCUT2D eigenvalue weighted by atomic mass is 32.2. The van der Waals surface area contributed by atoms with Crippen molar-refractivity contribution in [2.24, 2.45) is 0 Å². The Labute approximate surface area is 187 Å². The smallest absolute Gasteiger partial charge is 0.292 e. The van der Waals surface area contributed by atoms with E-state index in [4.69, 9.17) is 0 Å². The molecule has 170 valence electrons. The molecule has 0 saturated carbocycles. The molecule has 1 aliphatic heterocycles. The number of benzene rings is 2. The molecular weight excluding hydrogens is 432 g/mol. The molecule has 0 aromatic heterocycles. The van der Waals surface area contributed by atoms with Crippen LogP contribution in [-0.4, -0.2) is 61.2 Å². The molecule has 2 aromatic carbocycles. The summed E-state index contributed by atoms with van der Waals surface area (Å²) in [6.07, 6.45) is 4.13. The van der Waals surface area contributed by atoms with Crippen LogP contribution in [0, 0.1) is 10.1 Å². The number of rotatable bonds is 6. The number of carbonyl (C=O) groups excluding carboxylic acids is 1. The fraction of sp³-hybridized carbons (Fsp3) is 0.409. The quantitative estimate of drug-likeness (QED) is 0.525. The standard InChI is InChI=1S/C22H26N4O5S/c27-22(16-23-20-7-3-4-8-21(20)26(28)29)24-11-13-25(14-12-24)32(30,31)19-10-9-17-5-1-2-6-18(17)15-19/h3-4,7-10,15,23H,1-2,5-6,11-14,16H2. The number of sulfonamides is 1. The summed E-state index contributed by atoms with van der Waals surface area (Å²) in [6, 6.07) is 11.6. The number of nitro benzene ring substituents is 1. The van der Waals surface area contributed by atoms with Gasteiger partial charge in [-0.15, -0.1) is 0 Å². The van der Waals surface area contributed by atoms with Crippen molar-refractivity contribution >= 4 is 27.3 Å². The lowest BCUT2D eigenvalue weighted by Crippen LogP contribution is -2.51. The van der Waals surface area contributed by atoms with Crippen LogP contribution in [0.2, 0.25) is 0 Å². The van der Waals surface area contributed by atoms with Gasteiger partial charge in [0, 0.05) is 32.2 Å². The van der Waals surface area contributed by atoms with Crippen molar-refractivity contribution in [1.82, 2.24) is 9.21 Å². The molecule has 1 saturated heterocycles. The van der Waals surface area contributed by atoms with Gasteiger partial charge >= 0.3 is 0 Å². The normalized spacial score (nSPS) is 16.9. The van der Waals surface area contributed by atoms with Gasteiger partial charge in [0.25, 0.3) is 5.69 Å². The highest BCUT2D eigenvalue weighted by Gasteiger charge is 2.30. The average molecular weight is 459 g/mol. The summed E-state index contributed by atoms with van der Waals surface area (Å²) in [4.78, 5) is 25.1. The monoisotopic (exact) mass is 458 g/mol. The van der Waals surface area contributed by atoms with E-state index in [1.54, 1.807) is 35.2 Å². The average Bonchev–Trinajstić information content (AvgIpc) is 2.82. The summed E-state index contributed by atoms with van der Waals surface area (Å²) >= 11 is 0. The van der Waals surface area contributed by atoms with Crippen LogP contribution in [-0.2, 0) is 27.7 Å². The number of para-hydroxylation sites is 2. The fourth-order valence-corrected chi connectivity index (χ4v) is 5.74. The first-order chi connectivity index (χ1) is 15.4. The molecule has 0 radical (unpaired) electrons. The predicted molar refractivity (Wildman–Crippen MR) is 120 cm³/mol. The summed E-state index contributed by atoms with van der Waals surface area (Å²) in [6.45, 7) is 0.902. The minimum Gasteiger partial charge on any atom is -0.371 e. The maximum absolute atomic E-state index is 13.1. The lowest BCUT2D eigenvalue weighted by molar-refractivity contribution is -0.383. The predicted octanol–water partition coefficient (Wildman–Crippen LogP) is 2.42. The second-order valence-corrected chi connectivity index (χ2v) is 9.99. The number of fused-ring (bicyclic) bond motifs is 1. The molecule has 0 atom stereocenters. The van der Waals surface area contributed by atoms with Gasteiger partial charge in [0.05, 0.1) is 16.4 Å². The number of nitrogens with zero attached hydrogens (tertiary/aromatic N) is 3.